The maximum absolute atomic E-state index is 12.7. The van der Waals surface area contributed by atoms with E-state index in [-0.39, 0.29) is 11.5 Å². The van der Waals surface area contributed by atoms with E-state index >= 15 is 0 Å². The van der Waals surface area contributed by atoms with Crippen LogP contribution in [-0.2, 0) is 4.79 Å². The molecule has 2 heterocycles. The molecule has 142 valence electrons. The van der Waals surface area contributed by atoms with E-state index in [4.69, 9.17) is 4.74 Å². The lowest BCUT2D eigenvalue weighted by Crippen LogP contribution is -2.53. The molecule has 2 N–H and O–H groups in total. The fourth-order valence-corrected chi connectivity index (χ4v) is 3.46. The molecule has 1 aliphatic heterocycles. The number of benzene rings is 2. The molecule has 1 amide bonds. The van der Waals surface area contributed by atoms with E-state index in [0.29, 0.717) is 11.5 Å². The highest BCUT2D eigenvalue weighted by Crippen LogP contribution is 2.37. The number of aliphatic hydroxyl groups excluding tert-OH is 1. The van der Waals surface area contributed by atoms with Crippen LogP contribution >= 0.6 is 0 Å². The summed E-state index contributed by atoms with van der Waals surface area (Å²) in [6, 6.07) is 23.4. The first-order valence-corrected chi connectivity index (χ1v) is 9.10. The summed E-state index contributed by atoms with van der Waals surface area (Å²) in [6.07, 6.45) is 3.53. The number of pyridine rings is 1. The molecule has 3 aromatic rings. The first-order valence-electron chi connectivity index (χ1n) is 9.10. The molecule has 0 saturated carbocycles. The van der Waals surface area contributed by atoms with Crippen LogP contribution in [0, 0.1) is 11.3 Å². The van der Waals surface area contributed by atoms with Gasteiger partial charge >= 0.3 is 0 Å². The van der Waals surface area contributed by atoms with Gasteiger partial charge in [-0.05, 0) is 29.8 Å². The van der Waals surface area contributed by atoms with Crippen molar-refractivity contribution < 1.29 is 19.2 Å². The summed E-state index contributed by atoms with van der Waals surface area (Å²) in [4.78, 5) is 12.7. The summed E-state index contributed by atoms with van der Waals surface area (Å²) < 4.78 is 7.55. The number of para-hydroxylation sites is 1. The number of hydrogen-bond donors (Lipinski definition) is 2. The van der Waals surface area contributed by atoms with Crippen molar-refractivity contribution >= 4 is 5.91 Å². The molecule has 2 aromatic carbocycles. The van der Waals surface area contributed by atoms with Gasteiger partial charge in [0.2, 0.25) is 11.9 Å². The van der Waals surface area contributed by atoms with Gasteiger partial charge in [-0.2, -0.15) is 9.83 Å². The molecule has 0 fully saturated rings. The largest absolute Gasteiger partial charge is 0.494 e. The lowest BCUT2D eigenvalue weighted by molar-refractivity contribution is -0.711. The number of amides is 1. The Bertz CT molecular complexity index is 1090. The maximum atomic E-state index is 12.7. The molecule has 0 spiro atoms. The van der Waals surface area contributed by atoms with Crippen LogP contribution in [-0.4, -0.2) is 11.0 Å². The van der Waals surface area contributed by atoms with Crippen molar-refractivity contribution in [3.8, 4) is 17.6 Å². The van der Waals surface area contributed by atoms with Crippen molar-refractivity contribution in [3.63, 3.8) is 0 Å². The average Bonchev–Trinajstić information content (AvgIpc) is 2.75. The van der Waals surface area contributed by atoms with Crippen LogP contribution in [0.15, 0.2) is 96.6 Å². The third-order valence-electron chi connectivity index (χ3n) is 4.79. The van der Waals surface area contributed by atoms with Gasteiger partial charge < -0.3 is 9.84 Å². The number of nitrogens with zero attached hydrogens (tertiary/aromatic N) is 2. The fourth-order valence-electron chi connectivity index (χ4n) is 3.46. The van der Waals surface area contributed by atoms with Crippen LogP contribution in [0.2, 0.25) is 0 Å². The zero-order chi connectivity index (χ0) is 20.2. The van der Waals surface area contributed by atoms with Gasteiger partial charge in [0.15, 0.2) is 12.4 Å². The zero-order valence-corrected chi connectivity index (χ0v) is 15.4. The summed E-state index contributed by atoms with van der Waals surface area (Å²) in [7, 11) is 0. The molecule has 4 rings (SSSR count). The molecule has 0 saturated heterocycles. The second-order valence-electron chi connectivity index (χ2n) is 6.59. The molecule has 0 bridgehead atoms. The van der Waals surface area contributed by atoms with Crippen LogP contribution in [0.1, 0.15) is 17.5 Å². The third kappa shape index (κ3) is 3.66. The number of ether oxygens (including phenoxy) is 1. The second-order valence-corrected chi connectivity index (χ2v) is 6.59. The first-order chi connectivity index (χ1) is 14.2. The van der Waals surface area contributed by atoms with Gasteiger partial charge in [-0.25, -0.2) is 0 Å². The van der Waals surface area contributed by atoms with Crippen LogP contribution in [0.4, 0.5) is 0 Å². The fraction of sp³-hybridized carbons (Fsp3) is 0.0870. The van der Waals surface area contributed by atoms with Crippen LogP contribution in [0.3, 0.4) is 0 Å². The molecule has 1 aromatic heterocycles. The number of nitriles is 1. The molecular weight excluding hydrogens is 366 g/mol. The predicted molar refractivity (Wildman–Crippen MR) is 105 cm³/mol. The minimum absolute atomic E-state index is 0.114. The summed E-state index contributed by atoms with van der Waals surface area (Å²) in [5.41, 5.74) is 0.840. The Morgan fingerprint density at radius 1 is 0.931 bits per heavy atom. The molecule has 0 radical (unpaired) electrons. The van der Waals surface area contributed by atoms with Crippen molar-refractivity contribution in [1.29, 1.82) is 5.26 Å². The van der Waals surface area contributed by atoms with E-state index in [1.54, 1.807) is 29.1 Å². The van der Waals surface area contributed by atoms with Crippen molar-refractivity contribution in [1.82, 2.24) is 5.32 Å². The molecule has 29 heavy (non-hydrogen) atoms. The Balaban J connectivity index is 1.72. The van der Waals surface area contributed by atoms with E-state index in [2.05, 4.69) is 5.32 Å². The molecule has 2 atom stereocenters. The smallest absolute Gasteiger partial charge is 0.296 e. The Labute approximate surface area is 167 Å². The zero-order valence-electron chi connectivity index (χ0n) is 15.4. The van der Waals surface area contributed by atoms with Crippen molar-refractivity contribution in [2.75, 3.05) is 0 Å². The summed E-state index contributed by atoms with van der Waals surface area (Å²) >= 11 is 0. The van der Waals surface area contributed by atoms with Crippen molar-refractivity contribution in [3.05, 3.63) is 102 Å². The molecule has 6 heteroatoms. The highest BCUT2D eigenvalue weighted by molar-refractivity contribution is 5.84. The number of rotatable bonds is 4. The van der Waals surface area contributed by atoms with E-state index in [0.717, 1.165) is 5.56 Å². The minimum atomic E-state index is -0.706. The standard InChI is InChI=1S/C23H17N3O3/c24-15-19-20(21(23(28)25-22(19)27)26-13-5-2-6-14-26)16-9-11-18(12-10-16)29-17-7-3-1-4-8-17/h1-14,20-21H,(H-,25,27,28)/p+1/t20-,21+/m0/s1. The first kappa shape index (κ1) is 18.3. The molecule has 0 aliphatic carbocycles. The number of aliphatic hydroxyl groups is 1. The number of allylic oxidation sites excluding steroid dienone is 1. The molecule has 6 nitrogen and oxygen atoms in total. The average molecular weight is 384 g/mol. The quantitative estimate of drug-likeness (QED) is 0.674. The van der Waals surface area contributed by atoms with Crippen molar-refractivity contribution in [2.24, 2.45) is 0 Å². The van der Waals surface area contributed by atoms with Gasteiger partial charge in [0.1, 0.15) is 23.1 Å². The van der Waals surface area contributed by atoms with E-state index in [1.165, 1.54) is 0 Å². The normalized spacial score (nSPS) is 18.7. The van der Waals surface area contributed by atoms with Crippen molar-refractivity contribution in [2.45, 2.75) is 12.0 Å². The van der Waals surface area contributed by atoms with Gasteiger partial charge in [0, 0.05) is 12.1 Å². The monoisotopic (exact) mass is 384 g/mol. The number of carbonyl (C=O) groups is 1. The highest BCUT2D eigenvalue weighted by atomic mass is 16.5. The van der Waals surface area contributed by atoms with E-state index in [1.807, 2.05) is 66.7 Å². The Morgan fingerprint density at radius 2 is 1.55 bits per heavy atom. The van der Waals surface area contributed by atoms with Crippen LogP contribution < -0.4 is 14.6 Å². The second kappa shape index (κ2) is 7.87. The Kier molecular flexibility index (Phi) is 4.95. The van der Waals surface area contributed by atoms with Gasteiger partial charge in [0.25, 0.3) is 5.91 Å². The van der Waals surface area contributed by atoms with Crippen LogP contribution in [0.5, 0.6) is 11.5 Å². The van der Waals surface area contributed by atoms with Gasteiger partial charge in [-0.1, -0.05) is 36.4 Å². The van der Waals surface area contributed by atoms with Crippen LogP contribution in [0.25, 0.3) is 0 Å². The predicted octanol–water partition coefficient (Wildman–Crippen LogP) is 3.51. The summed E-state index contributed by atoms with van der Waals surface area (Å²) in [6.45, 7) is 0. The van der Waals surface area contributed by atoms with E-state index < -0.39 is 17.8 Å². The molecule has 1 aliphatic rings. The lowest BCUT2D eigenvalue weighted by atomic mass is 9.82. The number of nitrogens with one attached hydrogen (secondary N) is 1. The van der Waals surface area contributed by atoms with Gasteiger partial charge in [0.05, 0.1) is 5.92 Å². The lowest BCUT2D eigenvalue weighted by Gasteiger charge is -2.27. The van der Waals surface area contributed by atoms with Gasteiger partial charge in [-0.3, -0.25) is 10.1 Å². The number of hydrogen-bond acceptors (Lipinski definition) is 4. The summed E-state index contributed by atoms with van der Waals surface area (Å²) in [5.74, 6) is -0.0692. The maximum Gasteiger partial charge on any atom is 0.296 e. The third-order valence-corrected chi connectivity index (χ3v) is 4.79. The highest BCUT2D eigenvalue weighted by Gasteiger charge is 2.45. The SMILES string of the molecule is N#CC1=C(O)NC(=O)[C@H]([n+]2ccccc2)[C@H]1c1ccc(Oc2ccccc2)cc1. The number of aromatic nitrogens is 1. The minimum Gasteiger partial charge on any atom is -0.494 e. The molecular formula is C23H18N3O3+. The molecule has 0 unspecified atom stereocenters. The van der Waals surface area contributed by atoms with Gasteiger partial charge in [-0.15, -0.1) is 0 Å². The topological polar surface area (TPSA) is 86.2 Å². The Morgan fingerprint density at radius 3 is 2.21 bits per heavy atom. The Hall–Kier alpha value is -4.11. The number of carbonyl (C=O) groups excluding carboxylic acids is 1. The van der Waals surface area contributed by atoms with E-state index in [9.17, 15) is 15.2 Å². The summed E-state index contributed by atoms with van der Waals surface area (Å²) in [5, 5.41) is 22.2.